The Balaban J connectivity index is 3.04. The third kappa shape index (κ3) is 12.7. The zero-order valence-electron chi connectivity index (χ0n) is 21.5. The van der Waals surface area contributed by atoms with Gasteiger partial charge in [-0.25, -0.2) is 4.79 Å². The number of nitrogens with two attached hydrogens (primary N) is 3. The van der Waals surface area contributed by atoms with E-state index in [1.807, 2.05) is 0 Å². The third-order valence-electron chi connectivity index (χ3n) is 5.61. The van der Waals surface area contributed by atoms with E-state index < -0.39 is 78.5 Å². The zero-order chi connectivity index (χ0) is 30.4. The Morgan fingerprint density at radius 2 is 1.10 bits per heavy atom. The quantitative estimate of drug-likeness (QED) is 0.0873. The van der Waals surface area contributed by atoms with Crippen LogP contribution in [0, 0.1) is 0 Å². The van der Waals surface area contributed by atoms with Gasteiger partial charge in [0.2, 0.25) is 29.5 Å². The van der Waals surface area contributed by atoms with Gasteiger partial charge in [-0.3, -0.25) is 28.8 Å². The maximum Gasteiger partial charge on any atom is 0.326 e. The van der Waals surface area contributed by atoms with Crippen molar-refractivity contribution in [3.05, 3.63) is 29.8 Å². The SMILES string of the molecule is NC(=O)CC[C@H](NC(=O)[C@H](CCC(N)=O)NC(=O)[C@@H](N)Cc1ccc(O)cc1)C(=O)N[C@@H](CCC(=O)O)C(=O)O. The lowest BCUT2D eigenvalue weighted by molar-refractivity contribution is -0.143. The first-order chi connectivity index (χ1) is 18.7. The number of carbonyl (C=O) groups is 7. The lowest BCUT2D eigenvalue weighted by Crippen LogP contribution is -2.57. The number of carboxylic acid groups (broad SMARTS) is 2. The molecule has 220 valence electrons. The van der Waals surface area contributed by atoms with Gasteiger partial charge >= 0.3 is 11.9 Å². The summed E-state index contributed by atoms with van der Waals surface area (Å²) in [6.45, 7) is 0. The van der Waals surface area contributed by atoms with Gasteiger partial charge in [-0.1, -0.05) is 12.1 Å². The number of aromatic hydroxyl groups is 1. The van der Waals surface area contributed by atoms with E-state index in [0.29, 0.717) is 5.56 Å². The average Bonchev–Trinajstić information content (AvgIpc) is 2.86. The third-order valence-corrected chi connectivity index (χ3v) is 5.61. The minimum absolute atomic E-state index is 0.0106. The predicted molar refractivity (Wildman–Crippen MR) is 137 cm³/mol. The molecule has 12 N–H and O–H groups in total. The number of carbonyl (C=O) groups excluding carboxylic acids is 5. The standard InChI is InChI=1S/C24H34N6O10/c25-14(11-12-1-3-13(31)4-2-12)21(36)28-15(5-8-18(26)32)22(37)29-16(6-9-19(27)33)23(38)30-17(24(39)40)7-10-20(34)35/h1-4,14-17,31H,5-11,25H2,(H2,26,32)(H2,27,33)(H,28,36)(H,29,37)(H,30,38)(H,34,35)(H,39,40)/t14-,15-,16-,17-/m0/s1. The number of hydrogen-bond acceptors (Lipinski definition) is 9. The van der Waals surface area contributed by atoms with Crippen molar-refractivity contribution in [1.29, 1.82) is 0 Å². The second-order valence-electron chi connectivity index (χ2n) is 8.94. The Labute approximate surface area is 228 Å². The number of nitrogens with one attached hydrogen (secondary N) is 3. The van der Waals surface area contributed by atoms with E-state index in [9.17, 15) is 43.8 Å². The Bertz CT molecular complexity index is 1090. The van der Waals surface area contributed by atoms with Crippen molar-refractivity contribution < 1.29 is 48.9 Å². The summed E-state index contributed by atoms with van der Waals surface area (Å²) in [6, 6.07) is 0.217. The second-order valence-corrected chi connectivity index (χ2v) is 8.94. The normalized spacial score (nSPS) is 13.6. The van der Waals surface area contributed by atoms with Gasteiger partial charge in [0.15, 0.2) is 0 Å². The van der Waals surface area contributed by atoms with Crippen molar-refractivity contribution >= 4 is 41.5 Å². The van der Waals surface area contributed by atoms with E-state index in [4.69, 9.17) is 22.3 Å². The van der Waals surface area contributed by atoms with E-state index in [2.05, 4.69) is 16.0 Å². The number of primary amides is 2. The van der Waals surface area contributed by atoms with Crippen LogP contribution in [0.15, 0.2) is 24.3 Å². The van der Waals surface area contributed by atoms with Gasteiger partial charge in [0, 0.05) is 19.3 Å². The lowest BCUT2D eigenvalue weighted by atomic mass is 10.0. The van der Waals surface area contributed by atoms with E-state index in [-0.39, 0.29) is 37.9 Å². The minimum atomic E-state index is -1.61. The topological polar surface area (TPSA) is 294 Å². The molecule has 0 saturated carbocycles. The molecule has 16 nitrogen and oxygen atoms in total. The molecule has 0 spiro atoms. The molecule has 0 aromatic heterocycles. The Hall–Kier alpha value is -4.73. The number of phenols is 1. The molecule has 40 heavy (non-hydrogen) atoms. The van der Waals surface area contributed by atoms with Gasteiger partial charge in [0.1, 0.15) is 23.9 Å². The highest BCUT2D eigenvalue weighted by atomic mass is 16.4. The van der Waals surface area contributed by atoms with Crippen molar-refractivity contribution in [2.75, 3.05) is 0 Å². The number of aliphatic carboxylic acids is 2. The molecule has 16 heteroatoms. The molecule has 1 aromatic rings. The molecular weight excluding hydrogens is 532 g/mol. The van der Waals surface area contributed by atoms with Crippen LogP contribution in [-0.4, -0.2) is 81.0 Å². The van der Waals surface area contributed by atoms with Crippen molar-refractivity contribution in [3.8, 4) is 5.75 Å². The molecule has 0 aliphatic heterocycles. The van der Waals surface area contributed by atoms with Gasteiger partial charge in [-0.2, -0.15) is 0 Å². The number of phenolic OH excluding ortho intramolecular Hbond substituents is 1. The van der Waals surface area contributed by atoms with Gasteiger partial charge in [0.25, 0.3) is 0 Å². The number of amides is 5. The first-order valence-corrected chi connectivity index (χ1v) is 12.1. The first kappa shape index (κ1) is 33.3. The molecule has 0 unspecified atom stereocenters. The zero-order valence-corrected chi connectivity index (χ0v) is 21.5. The summed E-state index contributed by atoms with van der Waals surface area (Å²) in [4.78, 5) is 83.5. The molecule has 0 heterocycles. The summed E-state index contributed by atoms with van der Waals surface area (Å²) in [7, 11) is 0. The van der Waals surface area contributed by atoms with E-state index in [0.717, 1.165) is 0 Å². The molecule has 0 radical (unpaired) electrons. The number of rotatable bonds is 18. The highest BCUT2D eigenvalue weighted by Crippen LogP contribution is 2.11. The summed E-state index contributed by atoms with van der Waals surface area (Å²) >= 11 is 0. The largest absolute Gasteiger partial charge is 0.508 e. The highest BCUT2D eigenvalue weighted by Gasteiger charge is 2.31. The monoisotopic (exact) mass is 566 g/mol. The van der Waals surface area contributed by atoms with Crippen LogP contribution in [0.1, 0.15) is 44.1 Å². The van der Waals surface area contributed by atoms with Crippen molar-refractivity contribution in [1.82, 2.24) is 16.0 Å². The average molecular weight is 567 g/mol. The van der Waals surface area contributed by atoms with E-state index >= 15 is 0 Å². The molecule has 5 amide bonds. The van der Waals surface area contributed by atoms with Gasteiger partial charge < -0.3 is 48.5 Å². The fourth-order valence-corrected chi connectivity index (χ4v) is 3.44. The number of benzene rings is 1. The van der Waals surface area contributed by atoms with Crippen molar-refractivity contribution in [2.24, 2.45) is 17.2 Å². The van der Waals surface area contributed by atoms with Crippen LogP contribution in [0.5, 0.6) is 5.75 Å². The van der Waals surface area contributed by atoms with Gasteiger partial charge in [0.05, 0.1) is 6.04 Å². The molecule has 0 aliphatic carbocycles. The molecule has 0 aliphatic rings. The molecule has 4 atom stereocenters. The van der Waals surface area contributed by atoms with E-state index in [1.165, 1.54) is 12.1 Å². The Morgan fingerprint density at radius 3 is 1.52 bits per heavy atom. The molecule has 0 bridgehead atoms. The maximum absolute atomic E-state index is 13.1. The summed E-state index contributed by atoms with van der Waals surface area (Å²) in [5.41, 5.74) is 16.9. The van der Waals surface area contributed by atoms with Crippen LogP contribution in [0.3, 0.4) is 0 Å². The highest BCUT2D eigenvalue weighted by molar-refractivity contribution is 5.94. The minimum Gasteiger partial charge on any atom is -0.508 e. The van der Waals surface area contributed by atoms with E-state index in [1.54, 1.807) is 12.1 Å². The summed E-state index contributed by atoms with van der Waals surface area (Å²) in [6.07, 6.45) is -2.34. The van der Waals surface area contributed by atoms with Crippen LogP contribution in [0.2, 0.25) is 0 Å². The van der Waals surface area contributed by atoms with Crippen LogP contribution in [0.4, 0.5) is 0 Å². The molecule has 1 rings (SSSR count). The Morgan fingerprint density at radius 1 is 0.675 bits per heavy atom. The fraction of sp³-hybridized carbons (Fsp3) is 0.458. The van der Waals surface area contributed by atoms with Crippen LogP contribution >= 0.6 is 0 Å². The van der Waals surface area contributed by atoms with Crippen molar-refractivity contribution in [3.63, 3.8) is 0 Å². The summed E-state index contributed by atoms with van der Waals surface area (Å²) in [5.74, 6) is -7.21. The van der Waals surface area contributed by atoms with Gasteiger partial charge in [-0.05, 0) is 43.4 Å². The first-order valence-electron chi connectivity index (χ1n) is 12.1. The number of carboxylic acids is 2. The summed E-state index contributed by atoms with van der Waals surface area (Å²) in [5, 5.41) is 34.3. The smallest absolute Gasteiger partial charge is 0.326 e. The van der Waals surface area contributed by atoms with Gasteiger partial charge in [-0.15, -0.1) is 0 Å². The predicted octanol–water partition coefficient (Wildman–Crippen LogP) is -2.80. The molecular formula is C24H34N6O10. The molecule has 1 aromatic carbocycles. The summed E-state index contributed by atoms with van der Waals surface area (Å²) < 4.78 is 0. The fourth-order valence-electron chi connectivity index (χ4n) is 3.44. The number of hydrogen-bond donors (Lipinski definition) is 9. The van der Waals surface area contributed by atoms with Crippen LogP contribution in [-0.2, 0) is 40.0 Å². The van der Waals surface area contributed by atoms with Crippen LogP contribution in [0.25, 0.3) is 0 Å². The Kier molecular flexibility index (Phi) is 13.6. The molecule has 0 saturated heterocycles. The van der Waals surface area contributed by atoms with Crippen LogP contribution < -0.4 is 33.2 Å². The maximum atomic E-state index is 13.1. The lowest BCUT2D eigenvalue weighted by Gasteiger charge is -2.25. The second kappa shape index (κ2) is 16.3. The van der Waals surface area contributed by atoms with Crippen molar-refractivity contribution in [2.45, 2.75) is 69.1 Å². The molecule has 0 fully saturated rings.